The number of rotatable bonds is 2. The Kier molecular flexibility index (Phi) is 2.72. The molecule has 0 aromatic carbocycles. The van der Waals surface area contributed by atoms with Gasteiger partial charge >= 0.3 is 0 Å². The minimum atomic E-state index is -0.218. The van der Waals surface area contributed by atoms with Gasteiger partial charge in [-0.1, -0.05) is 11.8 Å². The van der Waals surface area contributed by atoms with Crippen molar-refractivity contribution in [2.24, 2.45) is 23.7 Å². The summed E-state index contributed by atoms with van der Waals surface area (Å²) in [6.07, 6.45) is 10.3. The number of thioether (sulfide) groups is 1. The number of nitrogens with zero attached hydrogens (tertiary/aromatic N) is 3. The van der Waals surface area contributed by atoms with E-state index in [-0.39, 0.29) is 5.56 Å². The molecule has 0 N–H and O–H groups in total. The second-order valence-electron chi connectivity index (χ2n) is 6.45. The zero-order valence-electron chi connectivity index (χ0n) is 11.2. The van der Waals surface area contributed by atoms with E-state index >= 15 is 0 Å². The zero-order chi connectivity index (χ0) is 13.0. The molecule has 0 aliphatic heterocycles. The first-order valence-electron chi connectivity index (χ1n) is 7.24. The third-order valence-corrected chi connectivity index (χ3v) is 5.98. The van der Waals surface area contributed by atoms with Crippen LogP contribution in [0.5, 0.6) is 0 Å². The second-order valence-corrected chi connectivity index (χ2v) is 7.22. The lowest BCUT2D eigenvalue weighted by molar-refractivity contribution is -0.0385. The fraction of sp³-hybridized carbons (Fsp3) is 0.786. The molecular weight excluding hydrogens is 258 g/mol. The SMILES string of the molecule is CSc1nc(=O)cnn1C1C2CC3CC(C2)CC1C3. The van der Waals surface area contributed by atoms with E-state index in [9.17, 15) is 4.79 Å². The van der Waals surface area contributed by atoms with Gasteiger partial charge in [0, 0.05) is 0 Å². The molecule has 1 aromatic heterocycles. The highest BCUT2D eigenvalue weighted by Gasteiger charge is 2.49. The summed E-state index contributed by atoms with van der Waals surface area (Å²) in [5.41, 5.74) is -0.218. The van der Waals surface area contributed by atoms with Crippen LogP contribution in [-0.2, 0) is 0 Å². The molecule has 0 atom stereocenters. The molecule has 4 saturated carbocycles. The van der Waals surface area contributed by atoms with E-state index in [1.165, 1.54) is 38.3 Å². The lowest BCUT2D eigenvalue weighted by Gasteiger charge is -2.54. The highest BCUT2D eigenvalue weighted by molar-refractivity contribution is 7.98. The summed E-state index contributed by atoms with van der Waals surface area (Å²) in [6, 6.07) is 0.489. The standard InChI is InChI=1S/C14H19N3OS/c1-19-14-16-12(18)7-15-17(14)13-10-3-8-2-9(5-10)6-11(13)4-8/h7-11,13H,2-6H2,1H3. The minimum Gasteiger partial charge on any atom is -0.266 e. The molecule has 102 valence electrons. The van der Waals surface area contributed by atoms with Crippen molar-refractivity contribution in [3.05, 3.63) is 16.6 Å². The Labute approximate surface area is 117 Å². The van der Waals surface area contributed by atoms with Gasteiger partial charge in [-0.2, -0.15) is 10.1 Å². The van der Waals surface area contributed by atoms with Crippen molar-refractivity contribution in [1.82, 2.24) is 14.8 Å². The molecule has 0 amide bonds. The molecule has 1 heterocycles. The zero-order valence-corrected chi connectivity index (χ0v) is 12.0. The molecular formula is C14H19N3OS. The van der Waals surface area contributed by atoms with Crippen molar-refractivity contribution in [3.63, 3.8) is 0 Å². The number of hydrogen-bond donors (Lipinski definition) is 0. The maximum atomic E-state index is 11.4. The van der Waals surface area contributed by atoms with Crippen molar-refractivity contribution in [2.75, 3.05) is 6.26 Å². The van der Waals surface area contributed by atoms with Crippen molar-refractivity contribution >= 4 is 11.8 Å². The van der Waals surface area contributed by atoms with Crippen LogP contribution >= 0.6 is 11.8 Å². The molecule has 4 aliphatic rings. The van der Waals surface area contributed by atoms with E-state index in [2.05, 4.69) is 14.8 Å². The quantitative estimate of drug-likeness (QED) is 0.779. The van der Waals surface area contributed by atoms with Gasteiger partial charge in [0.05, 0.1) is 6.04 Å². The molecule has 0 saturated heterocycles. The molecule has 0 spiro atoms. The van der Waals surface area contributed by atoms with Gasteiger partial charge in [-0.15, -0.1) is 0 Å². The first kappa shape index (κ1) is 11.9. The van der Waals surface area contributed by atoms with Crippen molar-refractivity contribution in [2.45, 2.75) is 43.3 Å². The van der Waals surface area contributed by atoms with Crippen molar-refractivity contribution in [3.8, 4) is 0 Å². The molecule has 19 heavy (non-hydrogen) atoms. The van der Waals surface area contributed by atoms with Gasteiger partial charge in [-0.05, 0) is 62.0 Å². The van der Waals surface area contributed by atoms with Gasteiger partial charge in [0.25, 0.3) is 5.56 Å². The van der Waals surface area contributed by atoms with Crippen LogP contribution in [0.2, 0.25) is 0 Å². The summed E-state index contributed by atoms with van der Waals surface area (Å²) in [4.78, 5) is 15.5. The van der Waals surface area contributed by atoms with Crippen LogP contribution < -0.4 is 5.56 Å². The van der Waals surface area contributed by atoms with E-state index < -0.39 is 0 Å². The Bertz CT molecular complexity index is 528. The van der Waals surface area contributed by atoms with Crippen LogP contribution in [0.1, 0.15) is 38.1 Å². The van der Waals surface area contributed by atoms with Crippen LogP contribution in [0.3, 0.4) is 0 Å². The summed E-state index contributed by atoms with van der Waals surface area (Å²) in [7, 11) is 0. The van der Waals surface area contributed by atoms with Gasteiger partial charge in [-0.3, -0.25) is 4.79 Å². The third-order valence-electron chi connectivity index (χ3n) is 5.34. The molecule has 1 aromatic rings. The Morgan fingerprint density at radius 3 is 2.37 bits per heavy atom. The van der Waals surface area contributed by atoms with Crippen molar-refractivity contribution in [1.29, 1.82) is 0 Å². The molecule has 4 aliphatic carbocycles. The molecule has 4 bridgehead atoms. The van der Waals surface area contributed by atoms with Gasteiger partial charge in [-0.25, -0.2) is 4.68 Å². The topological polar surface area (TPSA) is 47.8 Å². The summed E-state index contributed by atoms with van der Waals surface area (Å²) < 4.78 is 2.07. The third kappa shape index (κ3) is 1.85. The Morgan fingerprint density at radius 2 is 1.79 bits per heavy atom. The maximum absolute atomic E-state index is 11.4. The highest BCUT2D eigenvalue weighted by atomic mass is 32.2. The fourth-order valence-electron chi connectivity index (χ4n) is 4.97. The first-order valence-corrected chi connectivity index (χ1v) is 8.47. The molecule has 0 radical (unpaired) electrons. The normalized spacial score (nSPS) is 39.7. The summed E-state index contributed by atoms with van der Waals surface area (Å²) >= 11 is 1.54. The molecule has 4 fully saturated rings. The van der Waals surface area contributed by atoms with Gasteiger partial charge < -0.3 is 0 Å². The van der Waals surface area contributed by atoms with Crippen molar-refractivity contribution < 1.29 is 0 Å². The Balaban J connectivity index is 1.74. The summed E-state index contributed by atoms with van der Waals surface area (Å²) in [5.74, 6) is 3.45. The first-order chi connectivity index (χ1) is 9.24. The monoisotopic (exact) mass is 277 g/mol. The van der Waals surface area contributed by atoms with Crippen LogP contribution in [0.25, 0.3) is 0 Å². The smallest absolute Gasteiger partial charge is 0.266 e. The van der Waals surface area contributed by atoms with Gasteiger partial charge in [0.2, 0.25) is 0 Å². The molecule has 5 rings (SSSR count). The average molecular weight is 277 g/mol. The maximum Gasteiger partial charge on any atom is 0.292 e. The Morgan fingerprint density at radius 1 is 1.16 bits per heavy atom. The summed E-state index contributed by atoms with van der Waals surface area (Å²) in [6.45, 7) is 0. The predicted molar refractivity (Wildman–Crippen MR) is 74.2 cm³/mol. The van der Waals surface area contributed by atoms with Crippen LogP contribution in [0.4, 0.5) is 0 Å². The van der Waals surface area contributed by atoms with E-state index in [4.69, 9.17) is 0 Å². The average Bonchev–Trinajstić information content (AvgIpc) is 2.39. The van der Waals surface area contributed by atoms with Gasteiger partial charge in [0.1, 0.15) is 6.20 Å². The van der Waals surface area contributed by atoms with E-state index in [1.54, 1.807) is 11.8 Å². The fourth-order valence-corrected chi connectivity index (χ4v) is 5.51. The Hall–Kier alpha value is -0.840. The number of aromatic nitrogens is 3. The number of hydrogen-bond acceptors (Lipinski definition) is 4. The molecule has 5 heteroatoms. The van der Waals surface area contributed by atoms with Gasteiger partial charge in [0.15, 0.2) is 5.16 Å². The lowest BCUT2D eigenvalue weighted by Crippen LogP contribution is -2.47. The predicted octanol–water partition coefficient (Wildman–Crippen LogP) is 2.36. The minimum absolute atomic E-state index is 0.218. The van der Waals surface area contributed by atoms with Crippen LogP contribution in [0, 0.1) is 23.7 Å². The van der Waals surface area contributed by atoms with Crippen LogP contribution in [0.15, 0.2) is 16.1 Å². The lowest BCUT2D eigenvalue weighted by atomic mass is 9.54. The van der Waals surface area contributed by atoms with E-state index in [0.29, 0.717) is 6.04 Å². The van der Waals surface area contributed by atoms with E-state index in [1.807, 2.05) is 6.26 Å². The second kappa shape index (κ2) is 4.33. The molecule has 0 unspecified atom stereocenters. The highest BCUT2D eigenvalue weighted by Crippen LogP contribution is 2.58. The largest absolute Gasteiger partial charge is 0.292 e. The van der Waals surface area contributed by atoms with Crippen LogP contribution in [-0.4, -0.2) is 21.0 Å². The summed E-state index contributed by atoms with van der Waals surface area (Å²) in [5, 5.41) is 5.21. The van der Waals surface area contributed by atoms with E-state index in [0.717, 1.165) is 28.8 Å². The molecule has 4 nitrogen and oxygen atoms in total.